The molecule has 1 atom stereocenters. The largest absolute Gasteiger partial charge is 0.389 e. The molecule has 1 unspecified atom stereocenters. The summed E-state index contributed by atoms with van der Waals surface area (Å²) in [5.74, 6) is 0.692. The number of aliphatic imine (C=N–C) groups is 1. The van der Waals surface area contributed by atoms with Gasteiger partial charge in [-0.3, -0.25) is 9.79 Å². The van der Waals surface area contributed by atoms with Crippen LogP contribution in [0.5, 0.6) is 0 Å². The zero-order chi connectivity index (χ0) is 17.3. The van der Waals surface area contributed by atoms with Gasteiger partial charge in [-0.25, -0.2) is 4.98 Å². The van der Waals surface area contributed by atoms with Gasteiger partial charge in [0.05, 0.1) is 0 Å². The van der Waals surface area contributed by atoms with Crippen LogP contribution in [0.2, 0.25) is 0 Å². The minimum absolute atomic E-state index is 0.127. The molecular weight excluding hydrogens is 320 g/mol. The van der Waals surface area contributed by atoms with E-state index in [1.165, 1.54) is 18.3 Å². The molecule has 2 aromatic rings. The first kappa shape index (κ1) is 16.4. The van der Waals surface area contributed by atoms with Crippen molar-refractivity contribution in [3.05, 3.63) is 40.9 Å². The Balaban J connectivity index is 2.00. The second kappa shape index (κ2) is 6.57. The number of rotatable bonds is 2. The van der Waals surface area contributed by atoms with E-state index in [2.05, 4.69) is 30.2 Å². The molecule has 124 valence electrons. The van der Waals surface area contributed by atoms with Crippen molar-refractivity contribution in [3.8, 4) is 11.3 Å². The number of carbonyl (C=O) groups excluding carboxylic acids is 1. The van der Waals surface area contributed by atoms with Gasteiger partial charge in [-0.05, 0) is 24.1 Å². The van der Waals surface area contributed by atoms with Gasteiger partial charge >= 0.3 is 0 Å². The summed E-state index contributed by atoms with van der Waals surface area (Å²) in [4.78, 5) is 20.4. The van der Waals surface area contributed by atoms with E-state index in [0.717, 1.165) is 27.4 Å². The number of amidine groups is 1. The van der Waals surface area contributed by atoms with Crippen LogP contribution in [0.15, 0.2) is 35.3 Å². The number of nitrogens with one attached hydrogen (secondary N) is 1. The maximum Gasteiger partial charge on any atom is 0.222 e. The third-order valence-corrected chi connectivity index (χ3v) is 4.90. The minimum Gasteiger partial charge on any atom is -0.389 e. The Kier molecular flexibility index (Phi) is 4.49. The maximum atomic E-state index is 11.3. The lowest BCUT2D eigenvalue weighted by Gasteiger charge is -2.18. The normalized spacial score (nSPS) is 17.2. The Morgan fingerprint density at radius 3 is 2.83 bits per heavy atom. The lowest BCUT2D eigenvalue weighted by Crippen LogP contribution is -2.29. The van der Waals surface area contributed by atoms with Crippen LogP contribution in [0, 0.1) is 12.8 Å². The van der Waals surface area contributed by atoms with Crippen molar-refractivity contribution < 1.29 is 4.79 Å². The summed E-state index contributed by atoms with van der Waals surface area (Å²) < 4.78 is 0. The quantitative estimate of drug-likeness (QED) is 0.880. The second-order valence-electron chi connectivity index (χ2n) is 5.95. The molecule has 0 fully saturated rings. The highest BCUT2D eigenvalue weighted by Gasteiger charge is 2.22. The van der Waals surface area contributed by atoms with Crippen LogP contribution in [0.1, 0.15) is 24.4 Å². The lowest BCUT2D eigenvalue weighted by molar-refractivity contribution is -0.117. The van der Waals surface area contributed by atoms with Gasteiger partial charge in [0, 0.05) is 24.9 Å². The number of nitrogens with two attached hydrogens (primary N) is 1. The highest BCUT2D eigenvalue weighted by Crippen LogP contribution is 2.37. The van der Waals surface area contributed by atoms with Crippen LogP contribution in [0.4, 0.5) is 5.00 Å². The highest BCUT2D eigenvalue weighted by atomic mass is 32.1. The van der Waals surface area contributed by atoms with Crippen LogP contribution in [0.25, 0.3) is 16.8 Å². The molecule has 0 spiro atoms. The van der Waals surface area contributed by atoms with Crippen molar-refractivity contribution in [2.24, 2.45) is 10.9 Å². The number of benzene rings is 1. The second-order valence-corrected chi connectivity index (χ2v) is 6.99. The first-order valence-electron chi connectivity index (χ1n) is 7.82. The number of thiazole rings is 1. The van der Waals surface area contributed by atoms with Crippen molar-refractivity contribution in [1.29, 1.82) is 0 Å². The molecule has 1 amide bonds. The molecule has 1 aromatic carbocycles. The number of nitrogen functional groups attached to an aromatic ring is 1. The summed E-state index contributed by atoms with van der Waals surface area (Å²) in [7, 11) is 0. The van der Waals surface area contributed by atoms with Gasteiger partial charge < -0.3 is 11.1 Å². The van der Waals surface area contributed by atoms with Gasteiger partial charge in [-0.1, -0.05) is 42.5 Å². The van der Waals surface area contributed by atoms with E-state index in [9.17, 15) is 4.79 Å². The fourth-order valence-corrected chi connectivity index (χ4v) is 3.66. The Morgan fingerprint density at radius 1 is 1.38 bits per heavy atom. The predicted octanol–water partition coefficient (Wildman–Crippen LogP) is 3.27. The van der Waals surface area contributed by atoms with Gasteiger partial charge in [0.2, 0.25) is 5.91 Å². The summed E-state index contributed by atoms with van der Waals surface area (Å²) in [6.45, 7) is 6.26. The average molecular weight is 340 g/mol. The van der Waals surface area contributed by atoms with Gasteiger partial charge in [-0.15, -0.1) is 0 Å². The van der Waals surface area contributed by atoms with Crippen molar-refractivity contribution >= 4 is 33.7 Å². The number of aryl methyl sites for hydroxylation is 1. The van der Waals surface area contributed by atoms with Crippen LogP contribution in [0.3, 0.4) is 0 Å². The van der Waals surface area contributed by atoms with E-state index in [-0.39, 0.29) is 11.8 Å². The van der Waals surface area contributed by atoms with Crippen LogP contribution in [-0.4, -0.2) is 23.3 Å². The number of hydrogen-bond acceptors (Lipinski definition) is 5. The van der Waals surface area contributed by atoms with Crippen LogP contribution in [-0.2, 0) is 4.79 Å². The number of nitrogens with zero attached hydrogens (tertiary/aromatic N) is 2. The molecule has 0 saturated heterocycles. The summed E-state index contributed by atoms with van der Waals surface area (Å²) in [5.41, 5.74) is 10.3. The van der Waals surface area contributed by atoms with E-state index in [4.69, 9.17) is 10.7 Å². The fraction of sp³-hybridized carbons (Fsp3) is 0.278. The number of dihydropyridines is 1. The molecule has 6 heteroatoms. The van der Waals surface area contributed by atoms with E-state index < -0.39 is 0 Å². The molecule has 3 rings (SSSR count). The van der Waals surface area contributed by atoms with Crippen molar-refractivity contribution in [2.75, 3.05) is 12.3 Å². The number of amides is 1. The van der Waals surface area contributed by atoms with Crippen molar-refractivity contribution in [3.63, 3.8) is 0 Å². The summed E-state index contributed by atoms with van der Waals surface area (Å²) in [6.07, 6.45) is 1.90. The van der Waals surface area contributed by atoms with Crippen molar-refractivity contribution in [1.82, 2.24) is 10.3 Å². The topological polar surface area (TPSA) is 80.4 Å². The summed E-state index contributed by atoms with van der Waals surface area (Å²) >= 11 is 1.48. The molecule has 1 aromatic heterocycles. The molecule has 0 radical (unpaired) electrons. The molecule has 5 nitrogen and oxygen atoms in total. The number of carbonyl (C=O) groups is 1. The average Bonchev–Trinajstić information content (AvgIpc) is 2.91. The Bertz CT molecular complexity index is 850. The standard InChI is InChI=1S/C18H20N4OS/c1-10-6-4-5-7-13(10)16-17(19)24-18(22-16)14-8-15(21-12(3)23)20-9-11(14)2/h4-8,11H,9,19H2,1-3H3,(H,20,21,23). The molecule has 0 saturated carbocycles. The zero-order valence-electron chi connectivity index (χ0n) is 14.0. The number of anilines is 1. The van der Waals surface area contributed by atoms with E-state index >= 15 is 0 Å². The molecule has 24 heavy (non-hydrogen) atoms. The number of aromatic nitrogens is 1. The van der Waals surface area contributed by atoms with Crippen LogP contribution < -0.4 is 11.1 Å². The maximum absolute atomic E-state index is 11.3. The zero-order valence-corrected chi connectivity index (χ0v) is 14.8. The smallest absolute Gasteiger partial charge is 0.222 e. The van der Waals surface area contributed by atoms with Gasteiger partial charge in [0.15, 0.2) is 0 Å². The van der Waals surface area contributed by atoms with Crippen molar-refractivity contribution in [2.45, 2.75) is 20.8 Å². The molecule has 0 aliphatic carbocycles. The third-order valence-electron chi connectivity index (χ3n) is 3.96. The highest BCUT2D eigenvalue weighted by molar-refractivity contribution is 7.17. The van der Waals surface area contributed by atoms with E-state index in [1.54, 1.807) is 0 Å². The molecule has 0 bridgehead atoms. The van der Waals surface area contributed by atoms with Gasteiger partial charge in [0.25, 0.3) is 0 Å². The SMILES string of the molecule is CC(=O)NC1=NCC(C)C(c2nc(-c3ccccc3C)c(N)s2)=C1. The molecule has 1 aliphatic heterocycles. The Morgan fingerprint density at radius 2 is 2.12 bits per heavy atom. The Hall–Kier alpha value is -2.47. The van der Waals surface area contributed by atoms with E-state index in [0.29, 0.717) is 17.4 Å². The molecular formula is C18H20N4OS. The summed E-state index contributed by atoms with van der Waals surface area (Å²) in [6, 6.07) is 8.08. The third kappa shape index (κ3) is 3.23. The summed E-state index contributed by atoms with van der Waals surface area (Å²) in [5, 5.41) is 4.33. The van der Waals surface area contributed by atoms with Gasteiger partial charge in [0.1, 0.15) is 21.5 Å². The molecule has 1 aliphatic rings. The monoisotopic (exact) mass is 340 g/mol. The van der Waals surface area contributed by atoms with E-state index in [1.807, 2.05) is 24.3 Å². The first-order chi connectivity index (χ1) is 11.5. The van der Waals surface area contributed by atoms with Gasteiger partial charge in [-0.2, -0.15) is 0 Å². The molecule has 3 N–H and O–H groups in total. The first-order valence-corrected chi connectivity index (χ1v) is 8.63. The predicted molar refractivity (Wildman–Crippen MR) is 100.0 cm³/mol. The number of hydrogen-bond donors (Lipinski definition) is 2. The lowest BCUT2D eigenvalue weighted by atomic mass is 9.99. The minimum atomic E-state index is -0.127. The Labute approximate surface area is 145 Å². The molecule has 2 heterocycles. The van der Waals surface area contributed by atoms with Crippen LogP contribution >= 0.6 is 11.3 Å². The fourth-order valence-electron chi connectivity index (χ4n) is 2.68.